The summed E-state index contributed by atoms with van der Waals surface area (Å²) in [6.45, 7) is 6.53. The molecular formula is C8H17N3O3. The lowest BCUT2D eigenvalue weighted by Gasteiger charge is -2.27. The summed E-state index contributed by atoms with van der Waals surface area (Å²) in [5.74, 6) is 0. The van der Waals surface area contributed by atoms with E-state index < -0.39 is 12.1 Å². The third kappa shape index (κ3) is 2.97. The lowest BCUT2D eigenvalue weighted by Crippen LogP contribution is -2.44. The fourth-order valence-electron chi connectivity index (χ4n) is 0.885. The van der Waals surface area contributed by atoms with Gasteiger partial charge in [-0.15, -0.1) is 0 Å². The van der Waals surface area contributed by atoms with Crippen LogP contribution in [0.5, 0.6) is 0 Å². The van der Waals surface area contributed by atoms with E-state index in [0.29, 0.717) is 11.4 Å². The molecule has 14 heavy (non-hydrogen) atoms. The minimum absolute atomic E-state index is 0.380. The van der Waals surface area contributed by atoms with Gasteiger partial charge in [0.1, 0.15) is 0 Å². The van der Waals surface area contributed by atoms with E-state index in [9.17, 15) is 5.21 Å². The first kappa shape index (κ1) is 12.9. The molecule has 0 amide bonds. The normalized spacial score (nSPS) is 18.4. The number of nitrogens with zero attached hydrogens (tertiary/aromatic N) is 3. The van der Waals surface area contributed by atoms with E-state index in [-0.39, 0.29) is 0 Å². The molecule has 0 aliphatic heterocycles. The fraction of sp³-hybridized carbons (Fsp3) is 0.750. The molecule has 6 heteroatoms. The van der Waals surface area contributed by atoms with Crippen molar-refractivity contribution >= 4 is 11.4 Å². The number of hydrogen-bond donors (Lipinski definition) is 3. The van der Waals surface area contributed by atoms with Gasteiger partial charge in [-0.05, 0) is 27.7 Å². The summed E-state index contributed by atoms with van der Waals surface area (Å²) in [6.07, 6.45) is 0. The molecule has 0 aromatic carbocycles. The summed E-state index contributed by atoms with van der Waals surface area (Å²) in [7, 11) is 0. The SMILES string of the molecule is CC(=NO)[C@H](C)N(O)[C@@H](C)C(C)=NO. The molecule has 0 unspecified atom stereocenters. The summed E-state index contributed by atoms with van der Waals surface area (Å²) in [5, 5.41) is 33.6. The van der Waals surface area contributed by atoms with Crippen molar-refractivity contribution in [1.29, 1.82) is 0 Å². The second-order valence-electron chi connectivity index (χ2n) is 3.21. The van der Waals surface area contributed by atoms with E-state index >= 15 is 0 Å². The first-order valence-corrected chi connectivity index (χ1v) is 4.30. The maximum absolute atomic E-state index is 9.64. The van der Waals surface area contributed by atoms with Crippen LogP contribution in [-0.4, -0.2) is 44.2 Å². The average molecular weight is 203 g/mol. The van der Waals surface area contributed by atoms with Gasteiger partial charge < -0.3 is 15.6 Å². The highest BCUT2D eigenvalue weighted by atomic mass is 16.5. The van der Waals surface area contributed by atoms with Crippen LogP contribution in [0.1, 0.15) is 27.7 Å². The van der Waals surface area contributed by atoms with Crippen molar-refractivity contribution in [2.45, 2.75) is 39.8 Å². The van der Waals surface area contributed by atoms with Gasteiger partial charge in [-0.3, -0.25) is 0 Å². The zero-order valence-corrected chi connectivity index (χ0v) is 8.84. The number of rotatable bonds is 4. The molecule has 0 aromatic rings. The highest BCUT2D eigenvalue weighted by molar-refractivity contribution is 5.89. The quantitative estimate of drug-likeness (QED) is 0.363. The van der Waals surface area contributed by atoms with Crippen molar-refractivity contribution in [3.05, 3.63) is 0 Å². The van der Waals surface area contributed by atoms with Gasteiger partial charge in [0.2, 0.25) is 0 Å². The van der Waals surface area contributed by atoms with Gasteiger partial charge in [0.05, 0.1) is 23.5 Å². The molecule has 0 saturated carbocycles. The summed E-state index contributed by atoms with van der Waals surface area (Å²) in [5.41, 5.74) is 0.759. The van der Waals surface area contributed by atoms with Gasteiger partial charge in [0.25, 0.3) is 0 Å². The van der Waals surface area contributed by atoms with Crippen molar-refractivity contribution in [2.75, 3.05) is 0 Å². The molecule has 82 valence electrons. The molecule has 0 bridgehead atoms. The van der Waals surface area contributed by atoms with E-state index in [1.54, 1.807) is 27.7 Å². The van der Waals surface area contributed by atoms with Gasteiger partial charge >= 0.3 is 0 Å². The second-order valence-corrected chi connectivity index (χ2v) is 3.21. The lowest BCUT2D eigenvalue weighted by molar-refractivity contribution is -0.116. The molecular weight excluding hydrogens is 186 g/mol. The minimum atomic E-state index is -0.438. The third-order valence-electron chi connectivity index (χ3n) is 2.32. The van der Waals surface area contributed by atoms with Crippen molar-refractivity contribution in [2.24, 2.45) is 10.3 Å². The highest BCUT2D eigenvalue weighted by Crippen LogP contribution is 2.05. The van der Waals surface area contributed by atoms with Crippen molar-refractivity contribution in [1.82, 2.24) is 5.06 Å². The zero-order valence-electron chi connectivity index (χ0n) is 8.84. The number of hydrogen-bond acceptors (Lipinski definition) is 6. The summed E-state index contributed by atoms with van der Waals surface area (Å²) in [4.78, 5) is 0. The highest BCUT2D eigenvalue weighted by Gasteiger charge is 2.22. The molecule has 0 heterocycles. The van der Waals surface area contributed by atoms with E-state index in [0.717, 1.165) is 5.06 Å². The second kappa shape index (κ2) is 5.56. The molecule has 3 N–H and O–H groups in total. The predicted molar refractivity (Wildman–Crippen MR) is 52.3 cm³/mol. The molecule has 0 fully saturated rings. The Morgan fingerprint density at radius 3 is 1.50 bits per heavy atom. The Morgan fingerprint density at radius 2 is 1.29 bits per heavy atom. The molecule has 0 saturated heterocycles. The van der Waals surface area contributed by atoms with Crippen LogP contribution >= 0.6 is 0 Å². The van der Waals surface area contributed by atoms with Gasteiger partial charge in [-0.1, -0.05) is 10.3 Å². The largest absolute Gasteiger partial charge is 0.411 e. The first-order valence-electron chi connectivity index (χ1n) is 4.30. The monoisotopic (exact) mass is 203 g/mol. The molecule has 0 aliphatic rings. The third-order valence-corrected chi connectivity index (χ3v) is 2.32. The lowest BCUT2D eigenvalue weighted by atomic mass is 10.1. The topological polar surface area (TPSA) is 88.7 Å². The summed E-state index contributed by atoms with van der Waals surface area (Å²) >= 11 is 0. The Balaban J connectivity index is 4.54. The Morgan fingerprint density at radius 1 is 1.00 bits per heavy atom. The van der Waals surface area contributed by atoms with Crippen LogP contribution in [0.3, 0.4) is 0 Å². The molecule has 0 aliphatic carbocycles. The van der Waals surface area contributed by atoms with E-state index in [1.807, 2.05) is 0 Å². The van der Waals surface area contributed by atoms with E-state index in [4.69, 9.17) is 10.4 Å². The average Bonchev–Trinajstić information content (AvgIpc) is 2.23. The van der Waals surface area contributed by atoms with Crippen molar-refractivity contribution in [3.8, 4) is 0 Å². The Kier molecular flexibility index (Phi) is 5.11. The molecule has 0 radical (unpaired) electrons. The van der Waals surface area contributed by atoms with Gasteiger partial charge in [0, 0.05) is 0 Å². The van der Waals surface area contributed by atoms with Crippen LogP contribution < -0.4 is 0 Å². The minimum Gasteiger partial charge on any atom is -0.411 e. The van der Waals surface area contributed by atoms with E-state index in [1.165, 1.54) is 0 Å². The van der Waals surface area contributed by atoms with Crippen molar-refractivity contribution < 1.29 is 15.6 Å². The maximum Gasteiger partial charge on any atom is 0.0741 e. The standard InChI is InChI=1S/C8H17N3O3/c1-5(9-12)7(3)11(14)8(4)6(2)10-13/h7-8,12-14H,1-4H3/t7-,8-/m0/s1. The van der Waals surface area contributed by atoms with E-state index in [2.05, 4.69) is 10.3 Å². The number of hydroxylamine groups is 2. The number of oxime groups is 2. The maximum atomic E-state index is 9.64. The fourth-order valence-corrected chi connectivity index (χ4v) is 0.885. The van der Waals surface area contributed by atoms with Crippen LogP contribution in [0.4, 0.5) is 0 Å². The summed E-state index contributed by atoms with van der Waals surface area (Å²) in [6, 6.07) is -0.876. The molecule has 6 nitrogen and oxygen atoms in total. The summed E-state index contributed by atoms with van der Waals surface area (Å²) < 4.78 is 0. The molecule has 2 atom stereocenters. The van der Waals surface area contributed by atoms with Gasteiger partial charge in [-0.2, -0.15) is 5.06 Å². The molecule has 0 aromatic heterocycles. The first-order chi connectivity index (χ1) is 6.45. The predicted octanol–water partition coefficient (Wildman–Crippen LogP) is 1.15. The van der Waals surface area contributed by atoms with Crippen LogP contribution in [0.25, 0.3) is 0 Å². The van der Waals surface area contributed by atoms with Gasteiger partial charge in [0.15, 0.2) is 0 Å². The Hall–Kier alpha value is -1.14. The smallest absolute Gasteiger partial charge is 0.0741 e. The van der Waals surface area contributed by atoms with Crippen LogP contribution in [-0.2, 0) is 0 Å². The van der Waals surface area contributed by atoms with Gasteiger partial charge in [-0.25, -0.2) is 0 Å². The Bertz CT molecular complexity index is 216. The zero-order chi connectivity index (χ0) is 11.3. The van der Waals surface area contributed by atoms with Crippen LogP contribution in [0, 0.1) is 0 Å². The van der Waals surface area contributed by atoms with Crippen LogP contribution in [0.2, 0.25) is 0 Å². The Labute approximate surface area is 83.1 Å². The molecule has 0 rings (SSSR count). The van der Waals surface area contributed by atoms with Crippen molar-refractivity contribution in [3.63, 3.8) is 0 Å². The molecule has 0 spiro atoms. The van der Waals surface area contributed by atoms with Crippen LogP contribution in [0.15, 0.2) is 10.3 Å².